The standard InChI is InChI=1S/C57H54N4O6/c62-52(28-23-43-21-26-49(27-22-43)59-35-39-61(40-36-59)56(64)47-13-5-2-6-14-47)66-50-17-7-15-44-29-31-57(53(44)50)32-30-45-16-8-18-51(54(45)57)67-65-41-9-10-42-19-24-48(25-20-42)58-33-37-60(38-34-58)55(63)46-11-3-1-4-12-46/h1-28H,29-41H2/b10-9+,28-23+. The topological polar surface area (TPSA) is 91.9 Å². The van der Waals surface area contributed by atoms with Gasteiger partial charge in [0.05, 0.1) is 0 Å². The van der Waals surface area contributed by atoms with Crippen molar-refractivity contribution >= 4 is 41.3 Å². The van der Waals surface area contributed by atoms with Crippen LogP contribution in [0.25, 0.3) is 12.2 Å². The molecule has 0 radical (unpaired) electrons. The average molecular weight is 891 g/mol. The number of nitrogens with zero attached hydrogens (tertiary/aromatic N) is 4. The molecule has 2 aliphatic heterocycles. The number of hydrogen-bond acceptors (Lipinski definition) is 8. The summed E-state index contributed by atoms with van der Waals surface area (Å²) in [6, 6.07) is 47.7. The summed E-state index contributed by atoms with van der Waals surface area (Å²) in [4.78, 5) is 59.7. The monoisotopic (exact) mass is 890 g/mol. The summed E-state index contributed by atoms with van der Waals surface area (Å²) in [5.41, 5.74) is 9.86. The zero-order chi connectivity index (χ0) is 45.6. The molecule has 6 aromatic rings. The van der Waals surface area contributed by atoms with Crippen LogP contribution in [0.15, 0.2) is 158 Å². The van der Waals surface area contributed by atoms with E-state index in [1.807, 2.05) is 119 Å². The Kier molecular flexibility index (Phi) is 12.7. The molecule has 0 N–H and O–H groups in total. The number of carbonyl (C=O) groups is 3. The van der Waals surface area contributed by atoms with E-state index in [1.54, 1.807) is 6.08 Å². The smallest absolute Gasteiger partial charge is 0.336 e. The number of aryl methyl sites for hydroxylation is 2. The van der Waals surface area contributed by atoms with Gasteiger partial charge in [0.1, 0.15) is 12.4 Å². The Bertz CT molecular complexity index is 2770. The van der Waals surface area contributed by atoms with E-state index in [9.17, 15) is 14.4 Å². The first-order valence-electron chi connectivity index (χ1n) is 23.4. The molecule has 0 saturated carbocycles. The van der Waals surface area contributed by atoms with Gasteiger partial charge in [-0.3, -0.25) is 9.59 Å². The number of amides is 2. The first-order chi connectivity index (χ1) is 32.9. The summed E-state index contributed by atoms with van der Waals surface area (Å²) in [5.74, 6) is 1.01. The molecular weight excluding hydrogens is 837 g/mol. The van der Waals surface area contributed by atoms with Gasteiger partial charge in [0.25, 0.3) is 11.8 Å². The Balaban J connectivity index is 0.731. The highest BCUT2D eigenvalue weighted by molar-refractivity contribution is 5.95. The first-order valence-corrected chi connectivity index (χ1v) is 23.4. The maximum atomic E-state index is 13.5. The third kappa shape index (κ3) is 9.35. The lowest BCUT2D eigenvalue weighted by molar-refractivity contribution is -0.196. The van der Waals surface area contributed by atoms with Crippen molar-refractivity contribution < 1.29 is 28.9 Å². The van der Waals surface area contributed by atoms with Crippen molar-refractivity contribution in [1.82, 2.24) is 9.80 Å². The van der Waals surface area contributed by atoms with Crippen LogP contribution >= 0.6 is 0 Å². The van der Waals surface area contributed by atoms with Crippen LogP contribution in [0.2, 0.25) is 0 Å². The minimum absolute atomic E-state index is 0.0713. The molecular formula is C57H54N4O6. The van der Waals surface area contributed by atoms with E-state index >= 15 is 0 Å². The number of benzene rings is 6. The molecule has 10 rings (SSSR count). The number of esters is 1. The molecule has 1 spiro atoms. The van der Waals surface area contributed by atoms with E-state index in [1.165, 1.54) is 17.2 Å². The third-order valence-corrected chi connectivity index (χ3v) is 13.8. The number of anilines is 2. The van der Waals surface area contributed by atoms with Crippen LogP contribution in [0.1, 0.15) is 66.9 Å². The van der Waals surface area contributed by atoms with Crippen LogP contribution in [0.3, 0.4) is 0 Å². The largest absolute Gasteiger partial charge is 0.423 e. The van der Waals surface area contributed by atoms with Gasteiger partial charge in [0.15, 0.2) is 5.75 Å². The highest BCUT2D eigenvalue weighted by atomic mass is 17.2. The van der Waals surface area contributed by atoms with E-state index in [0.717, 1.165) is 96.6 Å². The van der Waals surface area contributed by atoms with Crippen molar-refractivity contribution in [2.45, 2.75) is 31.1 Å². The lowest BCUT2D eigenvalue weighted by Crippen LogP contribution is -2.48. The van der Waals surface area contributed by atoms with Crippen LogP contribution in [-0.2, 0) is 27.9 Å². The van der Waals surface area contributed by atoms with Gasteiger partial charge < -0.3 is 29.2 Å². The van der Waals surface area contributed by atoms with Crippen LogP contribution in [0, 0.1) is 0 Å². The molecule has 2 aliphatic carbocycles. The van der Waals surface area contributed by atoms with Gasteiger partial charge in [-0.1, -0.05) is 97.1 Å². The van der Waals surface area contributed by atoms with E-state index in [4.69, 9.17) is 14.5 Å². The predicted octanol–water partition coefficient (Wildman–Crippen LogP) is 9.43. The van der Waals surface area contributed by atoms with Crippen molar-refractivity contribution in [3.05, 3.63) is 202 Å². The normalized spacial score (nSPS) is 17.9. The molecule has 67 heavy (non-hydrogen) atoms. The number of carbonyl (C=O) groups excluding carboxylic acids is 3. The van der Waals surface area contributed by atoms with Crippen molar-refractivity contribution in [3.63, 3.8) is 0 Å². The number of fused-ring (bicyclic) bond motifs is 4. The average Bonchev–Trinajstić information content (AvgIpc) is 3.97. The molecule has 2 saturated heterocycles. The maximum absolute atomic E-state index is 13.5. The molecule has 2 fully saturated rings. The van der Waals surface area contributed by atoms with E-state index < -0.39 is 5.97 Å². The molecule has 1 atom stereocenters. The number of ether oxygens (including phenoxy) is 1. The minimum Gasteiger partial charge on any atom is -0.423 e. The van der Waals surface area contributed by atoms with Crippen LogP contribution in [0.4, 0.5) is 11.4 Å². The molecule has 10 heteroatoms. The molecule has 2 heterocycles. The molecule has 4 aliphatic rings. The summed E-state index contributed by atoms with van der Waals surface area (Å²) in [6.45, 7) is 6.06. The first kappa shape index (κ1) is 43.5. The second kappa shape index (κ2) is 19.6. The zero-order valence-electron chi connectivity index (χ0n) is 37.6. The zero-order valence-corrected chi connectivity index (χ0v) is 37.6. The number of rotatable bonds is 12. The van der Waals surface area contributed by atoms with Crippen LogP contribution in [-0.4, -0.2) is 86.5 Å². The summed E-state index contributed by atoms with van der Waals surface area (Å²) < 4.78 is 6.16. The van der Waals surface area contributed by atoms with Gasteiger partial charge in [-0.15, -0.1) is 0 Å². The second-order valence-electron chi connectivity index (χ2n) is 17.7. The Labute approximate surface area is 392 Å². The van der Waals surface area contributed by atoms with Crippen LogP contribution < -0.4 is 19.4 Å². The molecule has 0 bridgehead atoms. The van der Waals surface area contributed by atoms with Gasteiger partial charge >= 0.3 is 5.97 Å². The third-order valence-electron chi connectivity index (χ3n) is 13.8. The molecule has 1 unspecified atom stereocenters. The van der Waals surface area contributed by atoms with E-state index in [-0.39, 0.29) is 23.8 Å². The molecule has 10 nitrogen and oxygen atoms in total. The van der Waals surface area contributed by atoms with Crippen molar-refractivity contribution in [1.29, 1.82) is 0 Å². The summed E-state index contributed by atoms with van der Waals surface area (Å²) in [7, 11) is 0. The quantitative estimate of drug-likeness (QED) is 0.0300. The number of piperazine rings is 2. The molecule has 6 aromatic carbocycles. The van der Waals surface area contributed by atoms with Gasteiger partial charge in [-0.2, -0.15) is 4.89 Å². The minimum atomic E-state index is -0.429. The fraction of sp³-hybridized carbons (Fsp3) is 0.246. The second-order valence-corrected chi connectivity index (χ2v) is 17.7. The Morgan fingerprint density at radius 2 is 0.985 bits per heavy atom. The molecule has 338 valence electrons. The Morgan fingerprint density at radius 3 is 1.51 bits per heavy atom. The van der Waals surface area contributed by atoms with E-state index in [0.29, 0.717) is 37.7 Å². The summed E-state index contributed by atoms with van der Waals surface area (Å²) in [5, 5.41) is 0. The van der Waals surface area contributed by atoms with Gasteiger partial charge in [-0.25, -0.2) is 4.79 Å². The number of hydrogen-bond donors (Lipinski definition) is 0. The van der Waals surface area contributed by atoms with Gasteiger partial charge in [-0.05, 0) is 115 Å². The fourth-order valence-electron chi connectivity index (χ4n) is 10.3. The summed E-state index contributed by atoms with van der Waals surface area (Å²) in [6.07, 6.45) is 10.8. The molecule has 2 amide bonds. The van der Waals surface area contributed by atoms with Crippen LogP contribution in [0.5, 0.6) is 11.5 Å². The maximum Gasteiger partial charge on any atom is 0.336 e. The Hall–Kier alpha value is -7.43. The van der Waals surface area contributed by atoms with Crippen molar-refractivity contribution in [2.75, 3.05) is 68.8 Å². The molecule has 0 aromatic heterocycles. The Morgan fingerprint density at radius 1 is 0.507 bits per heavy atom. The predicted molar refractivity (Wildman–Crippen MR) is 263 cm³/mol. The van der Waals surface area contributed by atoms with Gasteiger partial charge in [0.2, 0.25) is 0 Å². The van der Waals surface area contributed by atoms with Crippen molar-refractivity contribution in [3.8, 4) is 11.5 Å². The lowest BCUT2D eigenvalue weighted by Gasteiger charge is -2.36. The van der Waals surface area contributed by atoms with Gasteiger partial charge in [0, 0.05) is 97.5 Å². The fourth-order valence-corrected chi connectivity index (χ4v) is 10.3. The highest BCUT2D eigenvalue weighted by Gasteiger charge is 2.49. The van der Waals surface area contributed by atoms with E-state index in [2.05, 4.69) is 58.3 Å². The van der Waals surface area contributed by atoms with Crippen molar-refractivity contribution in [2.24, 2.45) is 0 Å². The lowest BCUT2D eigenvalue weighted by atomic mass is 9.76. The SMILES string of the molecule is O=C(/C=C/c1ccc(N2CCN(C(=O)c3ccccc3)CC2)cc1)Oc1cccc2c1C1(CCc3cccc(OOC/C=C/c4ccc(N5CCN(C(=O)c6ccccc6)CC5)cc4)c31)CC2. The summed E-state index contributed by atoms with van der Waals surface area (Å²) >= 11 is 0. The highest BCUT2D eigenvalue weighted by Crippen LogP contribution is 2.57.